The number of aromatic nitrogens is 2. The molecule has 8 heteroatoms. The molecule has 0 fully saturated rings. The lowest BCUT2D eigenvalue weighted by atomic mass is 10.1. The first-order chi connectivity index (χ1) is 8.41. The van der Waals surface area contributed by atoms with Gasteiger partial charge in [0.05, 0.1) is 15.7 Å². The molecule has 18 heavy (non-hydrogen) atoms. The molecule has 1 heterocycles. The van der Waals surface area contributed by atoms with Gasteiger partial charge in [0.25, 0.3) is 0 Å². The second kappa shape index (κ2) is 4.30. The predicted molar refractivity (Wildman–Crippen MR) is 62.0 cm³/mol. The van der Waals surface area contributed by atoms with Crippen molar-refractivity contribution in [3.8, 4) is 22.8 Å². The molecule has 0 spiro atoms. The number of carbonyl (C=O) groups is 1. The zero-order chi connectivity index (χ0) is 13.4. The van der Waals surface area contributed by atoms with Crippen LogP contribution in [0.2, 0.25) is 0 Å². The van der Waals surface area contributed by atoms with Gasteiger partial charge < -0.3 is 15.3 Å². The summed E-state index contributed by atoms with van der Waals surface area (Å²) in [5, 5.41) is 33.5. The number of phenolic OH excluding ortho intramolecular Hbond substituents is 2. The number of rotatable bonds is 2. The minimum atomic E-state index is -1.25. The summed E-state index contributed by atoms with van der Waals surface area (Å²) < 4.78 is 13.3. The number of hydrogen-bond donors (Lipinski definition) is 4. The van der Waals surface area contributed by atoms with Crippen molar-refractivity contribution in [3.63, 3.8) is 0 Å². The first-order valence-electron chi connectivity index (χ1n) is 4.60. The third-order valence-corrected chi connectivity index (χ3v) is 3.01. The molecule has 2 aromatic rings. The summed E-state index contributed by atoms with van der Waals surface area (Å²) in [7, 11) is 0. The third kappa shape index (κ3) is 1.90. The number of nitrogens with zero attached hydrogens (tertiary/aromatic N) is 1. The van der Waals surface area contributed by atoms with E-state index in [1.807, 2.05) is 0 Å². The second-order valence-corrected chi connectivity index (χ2v) is 4.18. The van der Waals surface area contributed by atoms with Gasteiger partial charge in [0.15, 0.2) is 11.5 Å². The lowest BCUT2D eigenvalue weighted by Gasteiger charge is -2.07. The number of phenols is 2. The van der Waals surface area contributed by atoms with E-state index in [1.54, 1.807) is 0 Å². The highest BCUT2D eigenvalue weighted by atomic mass is 79.9. The summed E-state index contributed by atoms with van der Waals surface area (Å²) in [5.74, 6) is -3.30. The van der Waals surface area contributed by atoms with E-state index < -0.39 is 23.3 Å². The molecule has 0 bridgehead atoms. The van der Waals surface area contributed by atoms with E-state index in [1.165, 1.54) is 0 Å². The van der Waals surface area contributed by atoms with Crippen molar-refractivity contribution < 1.29 is 24.5 Å². The predicted octanol–water partition coefficient (Wildman–Crippen LogP) is 2.09. The highest BCUT2D eigenvalue weighted by Gasteiger charge is 2.20. The number of benzene rings is 1. The summed E-state index contributed by atoms with van der Waals surface area (Å²) in [6, 6.07) is 1.84. The van der Waals surface area contributed by atoms with Crippen molar-refractivity contribution in [3.05, 3.63) is 28.1 Å². The Morgan fingerprint density at radius 2 is 2.06 bits per heavy atom. The van der Waals surface area contributed by atoms with Crippen LogP contribution in [-0.4, -0.2) is 31.5 Å². The van der Waals surface area contributed by atoms with Crippen LogP contribution in [0, 0.1) is 5.82 Å². The monoisotopic (exact) mass is 316 g/mol. The second-order valence-electron chi connectivity index (χ2n) is 3.39. The Bertz CT molecular complexity index is 615. The molecule has 1 aromatic carbocycles. The fraction of sp³-hybridized carbons (Fsp3) is 0. The number of carboxylic acid groups (broad SMARTS) is 1. The van der Waals surface area contributed by atoms with Crippen LogP contribution in [0.3, 0.4) is 0 Å². The van der Waals surface area contributed by atoms with Gasteiger partial charge in [0.1, 0.15) is 11.5 Å². The van der Waals surface area contributed by atoms with Gasteiger partial charge >= 0.3 is 5.97 Å². The average Bonchev–Trinajstić information content (AvgIpc) is 2.76. The van der Waals surface area contributed by atoms with Gasteiger partial charge in [-0.2, -0.15) is 5.10 Å². The number of aromatic carboxylic acids is 1. The van der Waals surface area contributed by atoms with Crippen molar-refractivity contribution >= 4 is 21.9 Å². The van der Waals surface area contributed by atoms with Gasteiger partial charge in [-0.25, -0.2) is 9.18 Å². The number of nitrogens with one attached hydrogen (secondary N) is 1. The average molecular weight is 317 g/mol. The van der Waals surface area contributed by atoms with Crippen molar-refractivity contribution in [2.45, 2.75) is 0 Å². The molecule has 0 saturated carbocycles. The van der Waals surface area contributed by atoms with Crippen LogP contribution in [0.5, 0.6) is 11.5 Å². The van der Waals surface area contributed by atoms with Crippen molar-refractivity contribution in [1.29, 1.82) is 0 Å². The zero-order valence-corrected chi connectivity index (χ0v) is 10.2. The molecule has 2 rings (SSSR count). The maximum atomic E-state index is 13.4. The minimum absolute atomic E-state index is 0.00780. The van der Waals surface area contributed by atoms with E-state index in [0.717, 1.165) is 12.1 Å². The molecular formula is C10H6BrFN2O4. The number of aromatic amines is 1. The first-order valence-corrected chi connectivity index (χ1v) is 5.40. The lowest BCUT2D eigenvalue weighted by molar-refractivity contribution is 0.0690. The third-order valence-electron chi connectivity index (χ3n) is 2.24. The maximum Gasteiger partial charge on any atom is 0.353 e. The maximum absolute atomic E-state index is 13.4. The van der Waals surface area contributed by atoms with Crippen molar-refractivity contribution in [2.24, 2.45) is 0 Å². The molecule has 0 saturated heterocycles. The van der Waals surface area contributed by atoms with Crippen molar-refractivity contribution in [2.75, 3.05) is 0 Å². The van der Waals surface area contributed by atoms with Crippen LogP contribution in [0.1, 0.15) is 10.5 Å². The van der Waals surface area contributed by atoms with Crippen LogP contribution in [0.15, 0.2) is 16.6 Å². The van der Waals surface area contributed by atoms with E-state index in [2.05, 4.69) is 26.1 Å². The molecule has 0 aliphatic rings. The van der Waals surface area contributed by atoms with Gasteiger partial charge in [-0.3, -0.25) is 5.10 Å². The van der Waals surface area contributed by atoms with Crippen LogP contribution >= 0.6 is 15.9 Å². The summed E-state index contributed by atoms with van der Waals surface area (Å²) in [5.41, 5.74) is -0.358. The smallest absolute Gasteiger partial charge is 0.353 e. The quantitative estimate of drug-likeness (QED) is 0.635. The SMILES string of the molecule is O=C(O)c1cc(-c2c(O)c(O)cc(F)c2Br)n[nH]1. The molecule has 94 valence electrons. The Kier molecular flexibility index (Phi) is 2.95. The Hall–Kier alpha value is -2.09. The van der Waals surface area contributed by atoms with E-state index >= 15 is 0 Å². The Labute approximate surface area is 108 Å². The minimum Gasteiger partial charge on any atom is -0.504 e. The van der Waals surface area contributed by atoms with Gasteiger partial charge in [0, 0.05) is 6.07 Å². The largest absolute Gasteiger partial charge is 0.504 e. The topological polar surface area (TPSA) is 106 Å². The molecule has 6 nitrogen and oxygen atoms in total. The number of H-pyrrole nitrogens is 1. The summed E-state index contributed by atoms with van der Waals surface area (Å²) >= 11 is 2.90. The molecule has 0 aliphatic heterocycles. The number of halogens is 2. The number of carboxylic acids is 1. The molecule has 0 radical (unpaired) electrons. The molecule has 4 N–H and O–H groups in total. The van der Waals surface area contributed by atoms with Crippen LogP contribution in [0.25, 0.3) is 11.3 Å². The first kappa shape index (κ1) is 12.4. The van der Waals surface area contributed by atoms with Crippen LogP contribution in [-0.2, 0) is 0 Å². The zero-order valence-electron chi connectivity index (χ0n) is 8.61. The molecule has 0 unspecified atom stereocenters. The Morgan fingerprint density at radius 3 is 2.61 bits per heavy atom. The fourth-order valence-electron chi connectivity index (χ4n) is 1.40. The highest BCUT2D eigenvalue weighted by Crippen LogP contribution is 2.42. The van der Waals surface area contributed by atoms with E-state index in [-0.39, 0.29) is 21.4 Å². The van der Waals surface area contributed by atoms with E-state index in [0.29, 0.717) is 0 Å². The van der Waals surface area contributed by atoms with Gasteiger partial charge in [-0.1, -0.05) is 0 Å². The van der Waals surface area contributed by atoms with Crippen LogP contribution in [0.4, 0.5) is 4.39 Å². The van der Waals surface area contributed by atoms with Crippen molar-refractivity contribution in [1.82, 2.24) is 10.2 Å². The Balaban J connectivity index is 2.66. The molecule has 0 aliphatic carbocycles. The Morgan fingerprint density at radius 1 is 1.39 bits per heavy atom. The number of aromatic hydroxyl groups is 2. The summed E-state index contributed by atoms with van der Waals surface area (Å²) in [4.78, 5) is 10.7. The van der Waals surface area contributed by atoms with Crippen LogP contribution < -0.4 is 0 Å². The lowest BCUT2D eigenvalue weighted by Crippen LogP contribution is -1.95. The van der Waals surface area contributed by atoms with E-state index in [9.17, 15) is 19.4 Å². The standard InChI is InChI=1S/C10H6BrFN2O4/c11-8-3(12)1-6(15)9(16)7(8)4-2-5(10(17)18)14-13-4/h1-2,15-16H,(H,13,14)(H,17,18). The van der Waals surface area contributed by atoms with Gasteiger partial charge in [0.2, 0.25) is 0 Å². The molecular weight excluding hydrogens is 311 g/mol. The summed E-state index contributed by atoms with van der Waals surface area (Å²) in [6.07, 6.45) is 0. The van der Waals surface area contributed by atoms with Gasteiger partial charge in [-0.15, -0.1) is 0 Å². The highest BCUT2D eigenvalue weighted by molar-refractivity contribution is 9.10. The normalized spacial score (nSPS) is 10.6. The van der Waals surface area contributed by atoms with Gasteiger partial charge in [-0.05, 0) is 22.0 Å². The summed E-state index contributed by atoms with van der Waals surface area (Å²) in [6.45, 7) is 0. The molecule has 0 atom stereocenters. The molecule has 1 aromatic heterocycles. The number of hydrogen-bond acceptors (Lipinski definition) is 4. The molecule has 0 amide bonds. The van der Waals surface area contributed by atoms with E-state index in [4.69, 9.17) is 5.11 Å². The fourth-order valence-corrected chi connectivity index (χ4v) is 1.90.